The molecule has 0 radical (unpaired) electrons. The number of hydrogen-bond acceptors (Lipinski definition) is 0. The van der Waals surface area contributed by atoms with Crippen LogP contribution in [0.2, 0.25) is 0 Å². The fraction of sp³-hybridized carbons (Fsp3) is 1.00. The standard InChI is InChI=1S/C10H21N/c1-4-10-6-9(3)7-11(5-2)8-10/h9-10H,4-8H2,1-3H3/p+1. The first kappa shape index (κ1) is 9.05. The van der Waals surface area contributed by atoms with Crippen LogP contribution in [0.25, 0.3) is 0 Å². The molecular weight excluding hydrogens is 134 g/mol. The molecule has 0 saturated carbocycles. The number of quaternary nitrogens is 1. The van der Waals surface area contributed by atoms with Gasteiger partial charge in [0.15, 0.2) is 0 Å². The first-order chi connectivity index (χ1) is 5.26. The highest BCUT2D eigenvalue weighted by molar-refractivity contribution is 4.64. The Balaban J connectivity index is 2.37. The van der Waals surface area contributed by atoms with Gasteiger partial charge in [-0.15, -0.1) is 0 Å². The summed E-state index contributed by atoms with van der Waals surface area (Å²) >= 11 is 0. The molecule has 0 aliphatic carbocycles. The van der Waals surface area contributed by atoms with E-state index in [1.807, 2.05) is 4.90 Å². The van der Waals surface area contributed by atoms with E-state index < -0.39 is 0 Å². The van der Waals surface area contributed by atoms with E-state index in [-0.39, 0.29) is 0 Å². The average molecular weight is 156 g/mol. The Morgan fingerprint density at radius 3 is 2.55 bits per heavy atom. The van der Waals surface area contributed by atoms with Gasteiger partial charge in [-0.3, -0.25) is 0 Å². The van der Waals surface area contributed by atoms with Gasteiger partial charge in [0.25, 0.3) is 0 Å². The Kier molecular flexibility index (Phi) is 3.38. The molecule has 3 atom stereocenters. The number of hydrogen-bond donors (Lipinski definition) is 1. The molecule has 0 aromatic carbocycles. The van der Waals surface area contributed by atoms with E-state index in [1.165, 1.54) is 32.5 Å². The summed E-state index contributed by atoms with van der Waals surface area (Å²) in [6, 6.07) is 0. The van der Waals surface area contributed by atoms with Crippen LogP contribution in [0.3, 0.4) is 0 Å². The van der Waals surface area contributed by atoms with Crippen LogP contribution in [-0.2, 0) is 0 Å². The average Bonchev–Trinajstić information content (AvgIpc) is 2.03. The van der Waals surface area contributed by atoms with Gasteiger partial charge in [-0.05, 0) is 19.8 Å². The molecule has 0 aromatic heterocycles. The third-order valence-electron chi connectivity index (χ3n) is 3.03. The van der Waals surface area contributed by atoms with E-state index in [0.29, 0.717) is 0 Å². The lowest BCUT2D eigenvalue weighted by atomic mass is 9.89. The highest BCUT2D eigenvalue weighted by Crippen LogP contribution is 2.15. The second-order valence-corrected chi connectivity index (χ2v) is 4.13. The minimum Gasteiger partial charge on any atom is -0.335 e. The van der Waals surface area contributed by atoms with Crippen molar-refractivity contribution in [3.05, 3.63) is 0 Å². The van der Waals surface area contributed by atoms with Gasteiger partial charge in [0.05, 0.1) is 19.6 Å². The predicted molar refractivity (Wildman–Crippen MR) is 48.8 cm³/mol. The fourth-order valence-corrected chi connectivity index (χ4v) is 2.32. The van der Waals surface area contributed by atoms with Gasteiger partial charge in [0.1, 0.15) is 0 Å². The largest absolute Gasteiger partial charge is 0.335 e. The monoisotopic (exact) mass is 156 g/mol. The van der Waals surface area contributed by atoms with Gasteiger partial charge in [-0.1, -0.05) is 13.8 Å². The molecule has 1 heterocycles. The topological polar surface area (TPSA) is 4.44 Å². The molecule has 0 aromatic rings. The molecule has 0 spiro atoms. The van der Waals surface area contributed by atoms with E-state index in [2.05, 4.69) is 20.8 Å². The zero-order chi connectivity index (χ0) is 8.27. The predicted octanol–water partition coefficient (Wildman–Crippen LogP) is 0.957. The lowest BCUT2D eigenvalue weighted by molar-refractivity contribution is -0.910. The van der Waals surface area contributed by atoms with E-state index in [4.69, 9.17) is 0 Å². The van der Waals surface area contributed by atoms with Gasteiger partial charge < -0.3 is 4.90 Å². The van der Waals surface area contributed by atoms with Gasteiger partial charge >= 0.3 is 0 Å². The van der Waals surface area contributed by atoms with Crippen molar-refractivity contribution in [3.63, 3.8) is 0 Å². The van der Waals surface area contributed by atoms with Crippen LogP contribution < -0.4 is 4.90 Å². The molecule has 3 unspecified atom stereocenters. The highest BCUT2D eigenvalue weighted by atomic mass is 15.1. The van der Waals surface area contributed by atoms with E-state index >= 15 is 0 Å². The molecular formula is C10H22N+. The fourth-order valence-electron chi connectivity index (χ4n) is 2.32. The van der Waals surface area contributed by atoms with Gasteiger partial charge in [-0.2, -0.15) is 0 Å². The molecule has 1 aliphatic heterocycles. The summed E-state index contributed by atoms with van der Waals surface area (Å²) in [7, 11) is 0. The molecule has 1 aliphatic rings. The van der Waals surface area contributed by atoms with Crippen molar-refractivity contribution in [1.29, 1.82) is 0 Å². The molecule has 1 N–H and O–H groups in total. The van der Waals surface area contributed by atoms with E-state index in [1.54, 1.807) is 0 Å². The first-order valence-corrected chi connectivity index (χ1v) is 5.09. The smallest absolute Gasteiger partial charge is 0.0799 e. The van der Waals surface area contributed by atoms with Crippen molar-refractivity contribution >= 4 is 0 Å². The maximum Gasteiger partial charge on any atom is 0.0799 e. The van der Waals surface area contributed by atoms with Gasteiger partial charge in [0, 0.05) is 11.8 Å². The molecule has 1 nitrogen and oxygen atoms in total. The Labute approximate surface area is 70.8 Å². The second-order valence-electron chi connectivity index (χ2n) is 4.13. The van der Waals surface area contributed by atoms with Gasteiger partial charge in [0.2, 0.25) is 0 Å². The molecule has 1 fully saturated rings. The number of rotatable bonds is 2. The maximum atomic E-state index is 2.40. The molecule has 66 valence electrons. The molecule has 1 heteroatoms. The lowest BCUT2D eigenvalue weighted by Gasteiger charge is -2.32. The van der Waals surface area contributed by atoms with Crippen LogP contribution in [0.15, 0.2) is 0 Å². The summed E-state index contributed by atoms with van der Waals surface area (Å²) in [5.74, 6) is 1.97. The van der Waals surface area contributed by atoms with Crippen molar-refractivity contribution < 1.29 is 4.90 Å². The van der Waals surface area contributed by atoms with Gasteiger partial charge in [-0.25, -0.2) is 0 Å². The van der Waals surface area contributed by atoms with Crippen molar-refractivity contribution in [3.8, 4) is 0 Å². The summed E-state index contributed by atoms with van der Waals surface area (Å²) in [6.45, 7) is 11.2. The number of nitrogens with one attached hydrogen (secondary N) is 1. The molecule has 1 saturated heterocycles. The Bertz CT molecular complexity index is 99.4. The van der Waals surface area contributed by atoms with Crippen molar-refractivity contribution in [1.82, 2.24) is 0 Å². The third kappa shape index (κ3) is 2.48. The van der Waals surface area contributed by atoms with Crippen LogP contribution in [-0.4, -0.2) is 19.6 Å². The minimum absolute atomic E-state index is 0.962. The van der Waals surface area contributed by atoms with E-state index in [0.717, 1.165) is 11.8 Å². The summed E-state index contributed by atoms with van der Waals surface area (Å²) in [6.07, 6.45) is 2.86. The molecule has 0 amide bonds. The zero-order valence-corrected chi connectivity index (χ0v) is 8.19. The van der Waals surface area contributed by atoms with Crippen LogP contribution in [0.4, 0.5) is 0 Å². The first-order valence-electron chi connectivity index (χ1n) is 5.09. The molecule has 1 rings (SSSR count). The van der Waals surface area contributed by atoms with Crippen LogP contribution >= 0.6 is 0 Å². The summed E-state index contributed by atoms with van der Waals surface area (Å²) in [5.41, 5.74) is 0. The van der Waals surface area contributed by atoms with Crippen LogP contribution in [0.1, 0.15) is 33.6 Å². The summed E-state index contributed by atoms with van der Waals surface area (Å²) in [5, 5.41) is 0. The Hall–Kier alpha value is -0.0400. The number of piperidine rings is 1. The molecule has 0 bridgehead atoms. The number of likely N-dealkylation sites (tertiary alicyclic amines) is 1. The zero-order valence-electron chi connectivity index (χ0n) is 8.19. The highest BCUT2D eigenvalue weighted by Gasteiger charge is 2.25. The Morgan fingerprint density at radius 2 is 2.00 bits per heavy atom. The maximum absolute atomic E-state index is 2.40. The Morgan fingerprint density at radius 1 is 1.27 bits per heavy atom. The van der Waals surface area contributed by atoms with Crippen molar-refractivity contribution in [2.75, 3.05) is 19.6 Å². The summed E-state index contributed by atoms with van der Waals surface area (Å²) in [4.78, 5) is 1.82. The minimum atomic E-state index is 0.962. The summed E-state index contributed by atoms with van der Waals surface area (Å²) < 4.78 is 0. The quantitative estimate of drug-likeness (QED) is 0.607. The lowest BCUT2D eigenvalue weighted by Crippen LogP contribution is -3.14. The second kappa shape index (κ2) is 4.10. The van der Waals surface area contributed by atoms with Crippen LogP contribution in [0.5, 0.6) is 0 Å². The third-order valence-corrected chi connectivity index (χ3v) is 3.03. The van der Waals surface area contributed by atoms with Crippen LogP contribution in [0, 0.1) is 11.8 Å². The van der Waals surface area contributed by atoms with E-state index in [9.17, 15) is 0 Å². The molecule has 11 heavy (non-hydrogen) atoms. The normalized spacial score (nSPS) is 39.0. The van der Waals surface area contributed by atoms with Crippen molar-refractivity contribution in [2.24, 2.45) is 11.8 Å². The SMILES string of the molecule is CCC1CC(C)C[NH+](CC)C1. The van der Waals surface area contributed by atoms with Crippen molar-refractivity contribution in [2.45, 2.75) is 33.6 Å².